The fourth-order valence-corrected chi connectivity index (χ4v) is 4.07. The highest BCUT2D eigenvalue weighted by Crippen LogP contribution is 2.38. The Hall–Kier alpha value is -3.26. The molecule has 0 aliphatic carbocycles. The van der Waals surface area contributed by atoms with Gasteiger partial charge in [0.1, 0.15) is 29.3 Å². The lowest BCUT2D eigenvalue weighted by Gasteiger charge is -2.35. The highest BCUT2D eigenvalue weighted by molar-refractivity contribution is 5.91. The van der Waals surface area contributed by atoms with E-state index in [-0.39, 0.29) is 6.10 Å². The van der Waals surface area contributed by atoms with Gasteiger partial charge in [0.2, 0.25) is 6.29 Å². The van der Waals surface area contributed by atoms with Gasteiger partial charge >= 0.3 is 6.03 Å². The Labute approximate surface area is 185 Å². The van der Waals surface area contributed by atoms with Crippen molar-refractivity contribution >= 4 is 11.8 Å². The third kappa shape index (κ3) is 4.23. The van der Waals surface area contributed by atoms with Crippen LogP contribution in [0.2, 0.25) is 0 Å². The van der Waals surface area contributed by atoms with Crippen LogP contribution in [-0.4, -0.2) is 49.5 Å². The van der Waals surface area contributed by atoms with E-state index in [1.165, 1.54) is 25.3 Å². The van der Waals surface area contributed by atoms with E-state index >= 15 is 0 Å². The topological polar surface area (TPSA) is 133 Å². The van der Waals surface area contributed by atoms with Gasteiger partial charge in [0.25, 0.3) is 0 Å². The molecule has 0 bridgehead atoms. The zero-order chi connectivity index (χ0) is 22.7. The van der Waals surface area contributed by atoms with Gasteiger partial charge in [0.15, 0.2) is 0 Å². The first-order chi connectivity index (χ1) is 15.5. The van der Waals surface area contributed by atoms with Gasteiger partial charge in [-0.2, -0.15) is 5.26 Å². The molecule has 168 valence electrons. The van der Waals surface area contributed by atoms with Crippen LogP contribution in [0.3, 0.4) is 0 Å². The zero-order valence-electron chi connectivity index (χ0n) is 18.0. The summed E-state index contributed by atoms with van der Waals surface area (Å²) in [6, 6.07) is 6.42. The Morgan fingerprint density at radius 3 is 2.81 bits per heavy atom. The molecule has 2 N–H and O–H groups in total. The lowest BCUT2D eigenvalue weighted by molar-refractivity contribution is -0.108. The van der Waals surface area contributed by atoms with E-state index in [1.54, 1.807) is 6.07 Å². The Balaban J connectivity index is 1.70. The molecule has 4 heterocycles. The minimum Gasteiger partial charge on any atom is -0.486 e. The van der Waals surface area contributed by atoms with Crippen molar-refractivity contribution in [3.05, 3.63) is 46.9 Å². The highest BCUT2D eigenvalue weighted by Gasteiger charge is 2.34. The Bertz CT molecular complexity index is 1030. The zero-order valence-corrected chi connectivity index (χ0v) is 18.0. The second-order valence-corrected chi connectivity index (χ2v) is 7.61. The number of nitrogens with zero attached hydrogens (tertiary/aromatic N) is 4. The lowest BCUT2D eigenvalue weighted by atomic mass is 9.95. The van der Waals surface area contributed by atoms with Crippen LogP contribution in [0, 0.1) is 11.3 Å². The number of carbonyl (C=O) groups is 1. The molecular weight excluding hydrogens is 414 g/mol. The molecule has 2 unspecified atom stereocenters. The average Bonchev–Trinajstić information content (AvgIpc) is 3.32. The molecule has 0 spiro atoms. The first-order valence-electron chi connectivity index (χ1n) is 10.3. The number of rotatable bonds is 6. The van der Waals surface area contributed by atoms with Crippen molar-refractivity contribution in [2.45, 2.75) is 37.7 Å². The molecule has 1 saturated heterocycles. The summed E-state index contributed by atoms with van der Waals surface area (Å²) >= 11 is 0. The number of methoxy groups -OCH3 is 2. The van der Waals surface area contributed by atoms with Crippen LogP contribution in [0.1, 0.15) is 47.7 Å². The summed E-state index contributed by atoms with van der Waals surface area (Å²) in [5.41, 5.74) is 8.10. The maximum absolute atomic E-state index is 12.5. The molecule has 2 amide bonds. The fraction of sp³-hybridized carbons (Fsp3) is 0.455. The molecule has 2 aliphatic rings. The van der Waals surface area contributed by atoms with Crippen molar-refractivity contribution < 1.29 is 23.7 Å². The molecule has 2 aliphatic heterocycles. The molecule has 1 fully saturated rings. The van der Waals surface area contributed by atoms with Gasteiger partial charge in [-0.15, -0.1) is 0 Å². The summed E-state index contributed by atoms with van der Waals surface area (Å²) in [7, 11) is 3.03. The van der Waals surface area contributed by atoms with Crippen molar-refractivity contribution in [2.75, 3.05) is 32.3 Å². The second kappa shape index (κ2) is 9.48. The van der Waals surface area contributed by atoms with Gasteiger partial charge in [0.05, 0.1) is 30.6 Å². The normalized spacial score (nSPS) is 20.1. The fourth-order valence-electron chi connectivity index (χ4n) is 4.07. The standard InChI is InChI=1S/C22H25N5O5/c1-29-21(30-2)16-5-3-13-4-6-18(27(22(24)28)20(13)26-16)17-9-19(14(10-23)11-25-17)32-15-7-8-31-12-15/h3,5,9,11,15,18,21H,4,6-8,12H2,1-2H3,(H2,24,28). The smallest absolute Gasteiger partial charge is 0.321 e. The van der Waals surface area contributed by atoms with Crippen LogP contribution >= 0.6 is 0 Å². The van der Waals surface area contributed by atoms with Crippen molar-refractivity contribution in [1.29, 1.82) is 5.26 Å². The monoisotopic (exact) mass is 439 g/mol. The largest absolute Gasteiger partial charge is 0.486 e. The molecule has 10 nitrogen and oxygen atoms in total. The van der Waals surface area contributed by atoms with Gasteiger partial charge < -0.3 is 24.7 Å². The first kappa shape index (κ1) is 22.0. The van der Waals surface area contributed by atoms with Crippen molar-refractivity contribution in [3.63, 3.8) is 0 Å². The van der Waals surface area contributed by atoms with E-state index in [0.717, 1.165) is 12.0 Å². The molecule has 32 heavy (non-hydrogen) atoms. The van der Waals surface area contributed by atoms with Gasteiger partial charge in [0, 0.05) is 32.9 Å². The van der Waals surface area contributed by atoms with E-state index in [9.17, 15) is 10.1 Å². The van der Waals surface area contributed by atoms with E-state index < -0.39 is 18.4 Å². The number of nitriles is 1. The lowest BCUT2D eigenvalue weighted by Crippen LogP contribution is -2.43. The SMILES string of the molecule is COC(OC)c1ccc2c(n1)N(C(N)=O)C(c1cc(OC3CCOC3)c(C#N)cn1)CC2. The molecule has 2 aromatic rings. The second-order valence-electron chi connectivity index (χ2n) is 7.61. The number of aromatic nitrogens is 2. The van der Waals surface area contributed by atoms with E-state index in [0.29, 0.717) is 54.6 Å². The first-order valence-corrected chi connectivity index (χ1v) is 10.3. The van der Waals surface area contributed by atoms with Gasteiger partial charge in [-0.25, -0.2) is 9.78 Å². The van der Waals surface area contributed by atoms with Crippen molar-refractivity contribution in [2.24, 2.45) is 5.73 Å². The number of primary amides is 1. The van der Waals surface area contributed by atoms with Crippen molar-refractivity contribution in [1.82, 2.24) is 9.97 Å². The third-order valence-corrected chi connectivity index (χ3v) is 5.64. The Morgan fingerprint density at radius 2 is 2.16 bits per heavy atom. The summed E-state index contributed by atoms with van der Waals surface area (Å²) in [4.78, 5) is 23.0. The van der Waals surface area contributed by atoms with Crippen LogP contribution in [0.4, 0.5) is 10.6 Å². The summed E-state index contributed by atoms with van der Waals surface area (Å²) in [5, 5.41) is 9.47. The molecule has 2 aromatic heterocycles. The number of carbonyl (C=O) groups excluding carboxylic acids is 1. The van der Waals surface area contributed by atoms with Crippen LogP contribution < -0.4 is 15.4 Å². The summed E-state index contributed by atoms with van der Waals surface area (Å²) < 4.78 is 22.0. The number of amides is 2. The summed E-state index contributed by atoms with van der Waals surface area (Å²) in [5.74, 6) is 0.868. The molecule has 10 heteroatoms. The number of pyridine rings is 2. The highest BCUT2D eigenvalue weighted by atomic mass is 16.7. The molecular formula is C22H25N5O5. The van der Waals surface area contributed by atoms with Crippen LogP contribution in [0.15, 0.2) is 24.4 Å². The Kier molecular flexibility index (Phi) is 6.50. The predicted molar refractivity (Wildman–Crippen MR) is 113 cm³/mol. The number of nitrogens with two attached hydrogens (primary N) is 1. The maximum Gasteiger partial charge on any atom is 0.321 e. The quantitative estimate of drug-likeness (QED) is 0.678. The third-order valence-electron chi connectivity index (χ3n) is 5.64. The Morgan fingerprint density at radius 1 is 1.34 bits per heavy atom. The van der Waals surface area contributed by atoms with E-state index in [4.69, 9.17) is 24.7 Å². The van der Waals surface area contributed by atoms with E-state index in [2.05, 4.69) is 16.0 Å². The molecule has 2 atom stereocenters. The van der Waals surface area contributed by atoms with Crippen LogP contribution in [0.25, 0.3) is 0 Å². The number of aryl methyl sites for hydroxylation is 1. The van der Waals surface area contributed by atoms with Crippen LogP contribution in [0.5, 0.6) is 5.75 Å². The predicted octanol–water partition coefficient (Wildman–Crippen LogP) is 2.38. The maximum atomic E-state index is 12.5. The van der Waals surface area contributed by atoms with Gasteiger partial charge in [-0.1, -0.05) is 6.07 Å². The number of anilines is 1. The van der Waals surface area contributed by atoms with Gasteiger partial charge in [-0.3, -0.25) is 9.88 Å². The van der Waals surface area contributed by atoms with Gasteiger partial charge in [-0.05, 0) is 24.5 Å². The molecule has 0 saturated carbocycles. The number of fused-ring (bicyclic) bond motifs is 1. The number of hydrogen-bond acceptors (Lipinski definition) is 8. The number of hydrogen-bond donors (Lipinski definition) is 1. The number of ether oxygens (including phenoxy) is 4. The van der Waals surface area contributed by atoms with E-state index in [1.807, 2.05) is 12.1 Å². The summed E-state index contributed by atoms with van der Waals surface area (Å²) in [6.45, 7) is 1.09. The average molecular weight is 439 g/mol. The molecule has 4 rings (SSSR count). The molecule has 0 radical (unpaired) electrons. The number of urea groups is 1. The molecule has 0 aromatic carbocycles. The van der Waals surface area contributed by atoms with Crippen LogP contribution in [-0.2, 0) is 20.6 Å². The summed E-state index contributed by atoms with van der Waals surface area (Å²) in [6.07, 6.45) is 2.69. The minimum atomic E-state index is -0.669. The minimum absolute atomic E-state index is 0.124. The van der Waals surface area contributed by atoms with Crippen molar-refractivity contribution in [3.8, 4) is 11.8 Å².